The molecule has 5 rings (SSSR count). The predicted octanol–water partition coefficient (Wildman–Crippen LogP) is 3.99. The summed E-state index contributed by atoms with van der Waals surface area (Å²) in [5, 5.41) is 17.9. The van der Waals surface area contributed by atoms with Crippen molar-refractivity contribution in [1.82, 2.24) is 19.9 Å². The monoisotopic (exact) mass is 481 g/mol. The Hall–Kier alpha value is -3.85. The molecular weight excluding hydrogens is 461 g/mol. The highest BCUT2D eigenvalue weighted by atomic mass is 35.5. The number of ether oxygens (including phenoxy) is 1. The van der Waals surface area contributed by atoms with Crippen LogP contribution in [0.1, 0.15) is 28.4 Å². The number of fused-ring (bicyclic) bond motifs is 1. The number of halogens is 2. The topological polar surface area (TPSA) is 92.0 Å². The van der Waals surface area contributed by atoms with E-state index in [0.29, 0.717) is 35.7 Å². The van der Waals surface area contributed by atoms with Crippen molar-refractivity contribution in [1.29, 1.82) is 0 Å². The summed E-state index contributed by atoms with van der Waals surface area (Å²) in [4.78, 5) is 19.1. The Bertz CT molecular complexity index is 1380. The summed E-state index contributed by atoms with van der Waals surface area (Å²) in [6, 6.07) is 12.3. The van der Waals surface area contributed by atoms with Crippen LogP contribution < -0.4 is 15.0 Å². The van der Waals surface area contributed by atoms with E-state index < -0.39 is 11.7 Å². The van der Waals surface area contributed by atoms with Crippen molar-refractivity contribution in [3.63, 3.8) is 0 Å². The Morgan fingerprint density at radius 1 is 1.26 bits per heavy atom. The maximum absolute atomic E-state index is 14.3. The molecule has 1 saturated heterocycles. The molecule has 0 radical (unpaired) electrons. The number of methoxy groups -OCH3 is 1. The minimum absolute atomic E-state index is 0.0906. The molecule has 8 nitrogen and oxygen atoms in total. The molecule has 2 aromatic heterocycles. The molecule has 1 fully saturated rings. The van der Waals surface area contributed by atoms with Crippen molar-refractivity contribution in [3.8, 4) is 11.5 Å². The second-order valence-corrected chi connectivity index (χ2v) is 8.46. The van der Waals surface area contributed by atoms with Crippen LogP contribution in [0.4, 0.5) is 10.2 Å². The largest absolute Gasteiger partial charge is 0.506 e. The molecule has 10 heteroatoms. The first-order valence-electron chi connectivity index (χ1n) is 10.6. The number of benzene rings is 2. The molecule has 0 unspecified atom stereocenters. The number of rotatable bonds is 5. The number of carbonyl (C=O) groups excluding carboxylic acids is 1. The van der Waals surface area contributed by atoms with Gasteiger partial charge in [0.2, 0.25) is 0 Å². The van der Waals surface area contributed by atoms with Crippen molar-refractivity contribution >= 4 is 29.0 Å². The van der Waals surface area contributed by atoms with Gasteiger partial charge in [-0.05, 0) is 48.4 Å². The summed E-state index contributed by atoms with van der Waals surface area (Å²) < 4.78 is 21.3. The fourth-order valence-corrected chi connectivity index (χ4v) is 4.50. The molecule has 4 aromatic rings. The van der Waals surface area contributed by atoms with Gasteiger partial charge in [-0.1, -0.05) is 17.7 Å². The minimum atomic E-state index is -0.444. The van der Waals surface area contributed by atoms with Crippen LogP contribution >= 0.6 is 11.6 Å². The van der Waals surface area contributed by atoms with E-state index in [1.807, 2.05) is 17.0 Å². The molecule has 1 aliphatic rings. The van der Waals surface area contributed by atoms with Gasteiger partial charge < -0.3 is 20.1 Å². The van der Waals surface area contributed by atoms with Gasteiger partial charge in [-0.25, -0.2) is 13.9 Å². The first kappa shape index (κ1) is 22.0. The van der Waals surface area contributed by atoms with Crippen LogP contribution in [0.5, 0.6) is 11.5 Å². The molecule has 3 heterocycles. The molecule has 1 aliphatic heterocycles. The van der Waals surface area contributed by atoms with Crippen molar-refractivity contribution in [2.24, 2.45) is 0 Å². The number of aromatic nitrogens is 3. The molecule has 34 heavy (non-hydrogen) atoms. The van der Waals surface area contributed by atoms with Crippen LogP contribution in [0.15, 0.2) is 60.9 Å². The number of phenolic OH excluding ortho intramolecular Hbond substituents is 1. The maximum atomic E-state index is 14.3. The zero-order chi connectivity index (χ0) is 23.8. The number of anilines is 1. The summed E-state index contributed by atoms with van der Waals surface area (Å²) in [5.41, 5.74) is 1.49. The molecule has 2 N–H and O–H groups in total. The lowest BCUT2D eigenvalue weighted by Crippen LogP contribution is -2.37. The fraction of sp³-hybridized carbons (Fsp3) is 0.208. The molecule has 1 amide bonds. The van der Waals surface area contributed by atoms with Gasteiger partial charge in [0.15, 0.2) is 5.65 Å². The van der Waals surface area contributed by atoms with E-state index in [2.05, 4.69) is 15.4 Å². The van der Waals surface area contributed by atoms with Gasteiger partial charge in [-0.15, -0.1) is 5.10 Å². The molecule has 2 aromatic carbocycles. The number of nitrogens with one attached hydrogen (secondary N) is 1. The Morgan fingerprint density at radius 2 is 2.12 bits per heavy atom. The molecular formula is C24H21ClFN5O3. The van der Waals surface area contributed by atoms with Crippen molar-refractivity contribution in [2.45, 2.75) is 18.5 Å². The quantitative estimate of drug-likeness (QED) is 0.448. The Labute approximate surface area is 199 Å². The van der Waals surface area contributed by atoms with E-state index in [-0.39, 0.29) is 28.4 Å². The van der Waals surface area contributed by atoms with Crippen LogP contribution in [0.3, 0.4) is 0 Å². The number of imidazole rings is 1. The average molecular weight is 482 g/mol. The van der Waals surface area contributed by atoms with Gasteiger partial charge in [0, 0.05) is 31.0 Å². The number of amides is 1. The van der Waals surface area contributed by atoms with Crippen molar-refractivity contribution in [2.75, 3.05) is 18.6 Å². The lowest BCUT2D eigenvalue weighted by molar-refractivity contribution is 0.0937. The number of aromatic hydroxyl groups is 1. The Kier molecular flexibility index (Phi) is 5.70. The number of para-hydroxylation sites is 1. The van der Waals surface area contributed by atoms with Gasteiger partial charge in [-0.3, -0.25) is 4.79 Å². The maximum Gasteiger partial charge on any atom is 0.255 e. The Morgan fingerprint density at radius 3 is 2.94 bits per heavy atom. The average Bonchev–Trinajstić information content (AvgIpc) is 3.46. The van der Waals surface area contributed by atoms with E-state index in [1.165, 1.54) is 31.4 Å². The van der Waals surface area contributed by atoms with Crippen molar-refractivity contribution < 1.29 is 19.0 Å². The second-order valence-electron chi connectivity index (χ2n) is 8.06. The summed E-state index contributed by atoms with van der Waals surface area (Å²) in [7, 11) is 1.49. The SMILES string of the molecule is COc1cc(F)cc([C@H]2C[C@H](NC(=O)c3cccc(Cl)c3O)CN2c2ccc3nccn3n2)c1. The van der Waals surface area contributed by atoms with E-state index in [4.69, 9.17) is 16.3 Å². The standard InChI is InChI=1S/C24H21ClFN5O3/c1-34-17-10-14(9-15(26)11-17)20-12-16(28-24(33)18-3-2-4-19(25)23(18)32)13-30(20)22-6-5-21-27-7-8-31(21)29-22/h2-11,16,20,32H,12-13H2,1H3,(H,28,33)/t16-,20+/m0/s1. The summed E-state index contributed by atoms with van der Waals surface area (Å²) >= 11 is 5.96. The first-order chi connectivity index (χ1) is 16.4. The highest BCUT2D eigenvalue weighted by Gasteiger charge is 2.36. The van der Waals surface area contributed by atoms with Crippen LogP contribution in [0.25, 0.3) is 5.65 Å². The van der Waals surface area contributed by atoms with Crippen LogP contribution in [0, 0.1) is 5.82 Å². The number of phenols is 1. The van der Waals surface area contributed by atoms with Gasteiger partial charge in [0.25, 0.3) is 5.91 Å². The third-order valence-corrected chi connectivity index (χ3v) is 6.22. The third kappa shape index (κ3) is 4.10. The molecule has 0 spiro atoms. The number of nitrogens with zero attached hydrogens (tertiary/aromatic N) is 4. The zero-order valence-electron chi connectivity index (χ0n) is 18.2. The van der Waals surface area contributed by atoms with E-state index in [0.717, 1.165) is 0 Å². The third-order valence-electron chi connectivity index (χ3n) is 5.92. The normalized spacial score (nSPS) is 17.8. The lowest BCUT2D eigenvalue weighted by atomic mass is 10.0. The molecule has 0 aliphatic carbocycles. The van der Waals surface area contributed by atoms with E-state index in [1.54, 1.807) is 29.0 Å². The van der Waals surface area contributed by atoms with Gasteiger partial charge in [0.05, 0.1) is 23.7 Å². The number of hydrogen-bond acceptors (Lipinski definition) is 6. The molecule has 0 bridgehead atoms. The summed E-state index contributed by atoms with van der Waals surface area (Å²) in [5.74, 6) is -0.0651. The molecule has 174 valence electrons. The predicted molar refractivity (Wildman–Crippen MR) is 125 cm³/mol. The Balaban J connectivity index is 1.48. The van der Waals surface area contributed by atoms with Crippen LogP contribution in [0.2, 0.25) is 5.02 Å². The summed E-state index contributed by atoms with van der Waals surface area (Å²) in [6.45, 7) is 0.420. The second kappa shape index (κ2) is 8.83. The first-order valence-corrected chi connectivity index (χ1v) is 11.0. The van der Waals surface area contributed by atoms with Gasteiger partial charge >= 0.3 is 0 Å². The van der Waals surface area contributed by atoms with Gasteiger partial charge in [0.1, 0.15) is 23.1 Å². The molecule has 0 saturated carbocycles. The van der Waals surface area contributed by atoms with Gasteiger partial charge in [-0.2, -0.15) is 0 Å². The zero-order valence-corrected chi connectivity index (χ0v) is 18.9. The van der Waals surface area contributed by atoms with Crippen LogP contribution in [-0.2, 0) is 0 Å². The highest BCUT2D eigenvalue weighted by molar-refractivity contribution is 6.32. The van der Waals surface area contributed by atoms with Crippen molar-refractivity contribution in [3.05, 3.63) is 82.9 Å². The smallest absolute Gasteiger partial charge is 0.255 e. The molecule has 2 atom stereocenters. The van der Waals surface area contributed by atoms with E-state index >= 15 is 0 Å². The highest BCUT2D eigenvalue weighted by Crippen LogP contribution is 2.37. The fourth-order valence-electron chi connectivity index (χ4n) is 4.32. The number of carbonyl (C=O) groups is 1. The number of hydrogen-bond donors (Lipinski definition) is 2. The van der Waals surface area contributed by atoms with E-state index in [9.17, 15) is 14.3 Å². The van der Waals surface area contributed by atoms with Crippen LogP contribution in [-0.4, -0.2) is 45.3 Å². The summed E-state index contributed by atoms with van der Waals surface area (Å²) in [6.07, 6.45) is 3.89. The lowest BCUT2D eigenvalue weighted by Gasteiger charge is -2.26. The minimum Gasteiger partial charge on any atom is -0.506 e.